The molecule has 2 amide bonds. The van der Waals surface area contributed by atoms with Crippen LogP contribution in [0.1, 0.15) is 59.4 Å². The van der Waals surface area contributed by atoms with E-state index in [-0.39, 0.29) is 23.8 Å². The maximum Gasteiger partial charge on any atom is 0.243 e. The number of hydrogen-bond donors (Lipinski definition) is 2. The summed E-state index contributed by atoms with van der Waals surface area (Å²) < 4.78 is 0. The Kier molecular flexibility index (Phi) is 9.25. The minimum atomic E-state index is -0.497. The van der Waals surface area contributed by atoms with Crippen LogP contribution < -0.4 is 10.6 Å². The first-order valence-corrected chi connectivity index (χ1v) is 9.43. The van der Waals surface area contributed by atoms with Crippen LogP contribution in [0.4, 0.5) is 0 Å². The monoisotopic (exact) mass is 346 g/mol. The zero-order chi connectivity index (χ0) is 18.8. The standard InChI is InChI=1S/C21H34N2O2/c1-15(2)10-9-11-17(5)22-21(25)20(16(3)4)23-19(24)14-18-12-7-6-8-13-18/h6-8,12-13,15-17,20H,9-11,14H2,1-5H3,(H,22,25)(H,23,24). The summed E-state index contributed by atoms with van der Waals surface area (Å²) >= 11 is 0. The molecule has 1 rings (SSSR count). The van der Waals surface area contributed by atoms with Gasteiger partial charge in [-0.2, -0.15) is 0 Å². The molecule has 25 heavy (non-hydrogen) atoms. The van der Waals surface area contributed by atoms with Gasteiger partial charge in [0, 0.05) is 6.04 Å². The Hall–Kier alpha value is -1.84. The quantitative estimate of drug-likeness (QED) is 0.679. The zero-order valence-corrected chi connectivity index (χ0v) is 16.3. The van der Waals surface area contributed by atoms with Crippen molar-refractivity contribution in [2.24, 2.45) is 11.8 Å². The molecule has 0 aliphatic carbocycles. The first-order valence-electron chi connectivity index (χ1n) is 9.43. The van der Waals surface area contributed by atoms with E-state index in [1.165, 1.54) is 6.42 Å². The number of hydrogen-bond acceptors (Lipinski definition) is 2. The van der Waals surface area contributed by atoms with Gasteiger partial charge < -0.3 is 10.6 Å². The largest absolute Gasteiger partial charge is 0.352 e. The molecule has 0 saturated heterocycles. The van der Waals surface area contributed by atoms with Crippen molar-refractivity contribution in [1.29, 1.82) is 0 Å². The van der Waals surface area contributed by atoms with Crippen LogP contribution in [0.5, 0.6) is 0 Å². The van der Waals surface area contributed by atoms with E-state index in [0.717, 1.165) is 18.4 Å². The van der Waals surface area contributed by atoms with Crippen LogP contribution >= 0.6 is 0 Å². The van der Waals surface area contributed by atoms with Crippen LogP contribution in [0, 0.1) is 11.8 Å². The van der Waals surface area contributed by atoms with Gasteiger partial charge in [-0.1, -0.05) is 70.9 Å². The fourth-order valence-corrected chi connectivity index (χ4v) is 2.78. The molecule has 0 fully saturated rings. The van der Waals surface area contributed by atoms with E-state index in [0.29, 0.717) is 12.3 Å². The summed E-state index contributed by atoms with van der Waals surface area (Å²) in [4.78, 5) is 24.8. The van der Waals surface area contributed by atoms with Crippen molar-refractivity contribution in [3.63, 3.8) is 0 Å². The van der Waals surface area contributed by atoms with E-state index in [9.17, 15) is 9.59 Å². The molecule has 0 aliphatic rings. The maximum absolute atomic E-state index is 12.6. The van der Waals surface area contributed by atoms with Gasteiger partial charge in [0.1, 0.15) is 6.04 Å². The second-order valence-electron chi connectivity index (χ2n) is 7.69. The van der Waals surface area contributed by atoms with E-state index in [2.05, 4.69) is 24.5 Å². The van der Waals surface area contributed by atoms with Gasteiger partial charge in [-0.25, -0.2) is 0 Å². The van der Waals surface area contributed by atoms with Crippen molar-refractivity contribution in [3.8, 4) is 0 Å². The predicted octanol–water partition coefficient (Wildman–Crippen LogP) is 3.70. The highest BCUT2D eigenvalue weighted by Gasteiger charge is 2.25. The van der Waals surface area contributed by atoms with Crippen LogP contribution in [-0.2, 0) is 16.0 Å². The van der Waals surface area contributed by atoms with E-state index >= 15 is 0 Å². The lowest BCUT2D eigenvalue weighted by Gasteiger charge is -2.24. The highest BCUT2D eigenvalue weighted by Crippen LogP contribution is 2.09. The lowest BCUT2D eigenvalue weighted by molar-refractivity contribution is -0.130. The molecule has 1 aromatic rings. The second-order valence-corrected chi connectivity index (χ2v) is 7.69. The third kappa shape index (κ3) is 8.71. The van der Waals surface area contributed by atoms with E-state index in [4.69, 9.17) is 0 Å². The molecule has 0 aromatic heterocycles. The van der Waals surface area contributed by atoms with Crippen molar-refractivity contribution in [1.82, 2.24) is 10.6 Å². The van der Waals surface area contributed by atoms with E-state index < -0.39 is 6.04 Å². The Labute approximate surface area is 152 Å². The van der Waals surface area contributed by atoms with Gasteiger partial charge in [0.25, 0.3) is 0 Å². The summed E-state index contributed by atoms with van der Waals surface area (Å²) in [6, 6.07) is 9.21. The third-order valence-corrected chi connectivity index (χ3v) is 4.28. The zero-order valence-electron chi connectivity index (χ0n) is 16.3. The number of rotatable bonds is 10. The predicted molar refractivity (Wildman–Crippen MR) is 103 cm³/mol. The van der Waals surface area contributed by atoms with E-state index in [1.54, 1.807) is 0 Å². The van der Waals surface area contributed by atoms with Crippen molar-refractivity contribution in [2.45, 2.75) is 72.4 Å². The van der Waals surface area contributed by atoms with Crippen molar-refractivity contribution in [3.05, 3.63) is 35.9 Å². The molecular formula is C21H34N2O2. The summed E-state index contributed by atoms with van der Waals surface area (Å²) in [5, 5.41) is 5.94. The molecule has 0 saturated carbocycles. The number of carbonyl (C=O) groups is 2. The van der Waals surface area contributed by atoms with E-state index in [1.807, 2.05) is 51.1 Å². The molecule has 140 valence electrons. The third-order valence-electron chi connectivity index (χ3n) is 4.28. The lowest BCUT2D eigenvalue weighted by atomic mass is 10.0. The second kappa shape index (κ2) is 10.9. The van der Waals surface area contributed by atoms with Crippen LogP contribution in [0.15, 0.2) is 30.3 Å². The molecule has 0 aliphatic heterocycles. The number of nitrogens with one attached hydrogen (secondary N) is 2. The number of benzene rings is 1. The van der Waals surface area contributed by atoms with Gasteiger partial charge in [0.2, 0.25) is 11.8 Å². The highest BCUT2D eigenvalue weighted by atomic mass is 16.2. The van der Waals surface area contributed by atoms with Crippen molar-refractivity contribution < 1.29 is 9.59 Å². The molecule has 0 radical (unpaired) electrons. The Balaban J connectivity index is 2.51. The Morgan fingerprint density at radius 3 is 2.12 bits per heavy atom. The van der Waals surface area contributed by atoms with Crippen LogP contribution in [0.25, 0.3) is 0 Å². The molecule has 0 heterocycles. The highest BCUT2D eigenvalue weighted by molar-refractivity contribution is 5.88. The molecule has 1 aromatic carbocycles. The topological polar surface area (TPSA) is 58.2 Å². The normalized spacial score (nSPS) is 13.6. The first kappa shape index (κ1) is 21.2. The SMILES string of the molecule is CC(C)CCCC(C)NC(=O)C(NC(=O)Cc1ccccc1)C(C)C. The van der Waals surface area contributed by atoms with Gasteiger partial charge in [0.05, 0.1) is 6.42 Å². The maximum atomic E-state index is 12.6. The van der Waals surface area contributed by atoms with Gasteiger partial charge in [-0.3, -0.25) is 9.59 Å². The fraction of sp³-hybridized carbons (Fsp3) is 0.619. The fourth-order valence-electron chi connectivity index (χ4n) is 2.78. The Morgan fingerprint density at radius 1 is 0.920 bits per heavy atom. The summed E-state index contributed by atoms with van der Waals surface area (Å²) in [7, 11) is 0. The molecule has 2 N–H and O–H groups in total. The number of amides is 2. The molecular weight excluding hydrogens is 312 g/mol. The molecule has 2 unspecified atom stereocenters. The molecule has 4 nitrogen and oxygen atoms in total. The average molecular weight is 347 g/mol. The molecule has 4 heteroatoms. The van der Waals surface area contributed by atoms with Gasteiger partial charge in [-0.05, 0) is 30.7 Å². The first-order chi connectivity index (χ1) is 11.8. The summed E-state index contributed by atoms with van der Waals surface area (Å²) in [6.45, 7) is 10.4. The van der Waals surface area contributed by atoms with Gasteiger partial charge in [0.15, 0.2) is 0 Å². The van der Waals surface area contributed by atoms with Gasteiger partial charge >= 0.3 is 0 Å². The lowest BCUT2D eigenvalue weighted by Crippen LogP contribution is -2.52. The van der Waals surface area contributed by atoms with Crippen LogP contribution in [0.2, 0.25) is 0 Å². The van der Waals surface area contributed by atoms with Crippen molar-refractivity contribution >= 4 is 11.8 Å². The minimum absolute atomic E-state index is 0.0441. The van der Waals surface area contributed by atoms with Crippen molar-refractivity contribution in [2.75, 3.05) is 0 Å². The molecule has 0 spiro atoms. The Morgan fingerprint density at radius 2 is 1.56 bits per heavy atom. The van der Waals surface area contributed by atoms with Crippen LogP contribution in [0.3, 0.4) is 0 Å². The molecule has 2 atom stereocenters. The summed E-state index contributed by atoms with van der Waals surface area (Å²) in [5.74, 6) is 0.521. The van der Waals surface area contributed by atoms with Gasteiger partial charge in [-0.15, -0.1) is 0 Å². The summed E-state index contributed by atoms with van der Waals surface area (Å²) in [6.07, 6.45) is 3.53. The number of carbonyl (C=O) groups excluding carboxylic acids is 2. The smallest absolute Gasteiger partial charge is 0.243 e. The van der Waals surface area contributed by atoms with Crippen LogP contribution in [-0.4, -0.2) is 23.9 Å². The Bertz CT molecular complexity index is 526. The summed E-state index contributed by atoms with van der Waals surface area (Å²) in [5.41, 5.74) is 0.949. The molecule has 0 bridgehead atoms. The average Bonchev–Trinajstić information content (AvgIpc) is 2.52. The minimum Gasteiger partial charge on any atom is -0.352 e.